The standard InChI is InChI=1S/C15H20N4O/c16-10-13-9-14(12-1-3-17-4-2-12)11-18-15(13)19-5-7-20-8-6-19/h9,11-12,17H,1-8H2. The van der Waals surface area contributed by atoms with E-state index in [-0.39, 0.29) is 0 Å². The van der Waals surface area contributed by atoms with Crippen molar-refractivity contribution >= 4 is 5.82 Å². The lowest BCUT2D eigenvalue weighted by atomic mass is 9.90. The van der Waals surface area contributed by atoms with Crippen molar-refractivity contribution in [3.8, 4) is 6.07 Å². The molecule has 5 nitrogen and oxygen atoms in total. The number of hydrogen-bond donors (Lipinski definition) is 1. The zero-order chi connectivity index (χ0) is 13.8. The molecule has 0 spiro atoms. The van der Waals surface area contributed by atoms with Crippen LogP contribution in [0.1, 0.15) is 29.9 Å². The zero-order valence-electron chi connectivity index (χ0n) is 11.6. The van der Waals surface area contributed by atoms with Crippen LogP contribution in [-0.4, -0.2) is 44.4 Å². The van der Waals surface area contributed by atoms with Crippen molar-refractivity contribution in [1.29, 1.82) is 5.26 Å². The normalized spacial score (nSPS) is 20.6. The topological polar surface area (TPSA) is 61.2 Å². The summed E-state index contributed by atoms with van der Waals surface area (Å²) in [5.74, 6) is 1.35. The van der Waals surface area contributed by atoms with Gasteiger partial charge in [-0.25, -0.2) is 4.98 Å². The van der Waals surface area contributed by atoms with Gasteiger partial charge in [-0.3, -0.25) is 0 Å². The van der Waals surface area contributed by atoms with Gasteiger partial charge in [0, 0.05) is 19.3 Å². The average Bonchev–Trinajstić information content (AvgIpc) is 2.56. The van der Waals surface area contributed by atoms with Crippen LogP contribution in [0.15, 0.2) is 12.3 Å². The number of nitriles is 1. The number of nitrogens with one attached hydrogen (secondary N) is 1. The van der Waals surface area contributed by atoms with E-state index in [0.717, 1.165) is 44.8 Å². The first-order valence-electron chi connectivity index (χ1n) is 7.32. The van der Waals surface area contributed by atoms with Crippen LogP contribution in [0.5, 0.6) is 0 Å². The Morgan fingerprint density at radius 3 is 2.75 bits per heavy atom. The predicted molar refractivity (Wildman–Crippen MR) is 76.8 cm³/mol. The third kappa shape index (κ3) is 2.77. The number of morpholine rings is 1. The molecule has 20 heavy (non-hydrogen) atoms. The molecule has 0 bridgehead atoms. The van der Waals surface area contributed by atoms with Gasteiger partial charge in [-0.05, 0) is 43.5 Å². The van der Waals surface area contributed by atoms with E-state index in [4.69, 9.17) is 4.74 Å². The highest BCUT2D eigenvalue weighted by atomic mass is 16.5. The van der Waals surface area contributed by atoms with Crippen molar-refractivity contribution in [2.75, 3.05) is 44.3 Å². The third-order valence-electron chi connectivity index (χ3n) is 4.13. The molecule has 2 aliphatic heterocycles. The Kier molecular flexibility index (Phi) is 4.14. The van der Waals surface area contributed by atoms with Gasteiger partial charge >= 0.3 is 0 Å². The maximum atomic E-state index is 9.41. The Bertz CT molecular complexity index is 499. The quantitative estimate of drug-likeness (QED) is 0.878. The number of aromatic nitrogens is 1. The molecule has 1 N–H and O–H groups in total. The minimum Gasteiger partial charge on any atom is -0.378 e. The van der Waals surface area contributed by atoms with E-state index in [9.17, 15) is 5.26 Å². The van der Waals surface area contributed by atoms with Gasteiger partial charge in [0.25, 0.3) is 0 Å². The molecule has 5 heteroatoms. The first-order chi connectivity index (χ1) is 9.88. The minimum absolute atomic E-state index is 0.537. The summed E-state index contributed by atoms with van der Waals surface area (Å²) in [5.41, 5.74) is 1.91. The van der Waals surface area contributed by atoms with Crippen molar-refractivity contribution in [3.63, 3.8) is 0 Å². The molecule has 106 valence electrons. The lowest BCUT2D eigenvalue weighted by Gasteiger charge is -2.29. The summed E-state index contributed by atoms with van der Waals surface area (Å²) in [6.45, 7) is 5.16. The molecule has 0 atom stereocenters. The Balaban J connectivity index is 1.83. The van der Waals surface area contributed by atoms with Crippen LogP contribution >= 0.6 is 0 Å². The number of pyridine rings is 1. The SMILES string of the molecule is N#Cc1cc(C2CCNCC2)cnc1N1CCOCC1. The molecule has 1 aromatic rings. The van der Waals surface area contributed by atoms with Gasteiger partial charge in [0.2, 0.25) is 0 Å². The molecule has 0 aromatic carbocycles. The van der Waals surface area contributed by atoms with Crippen molar-refractivity contribution in [3.05, 3.63) is 23.4 Å². The third-order valence-corrected chi connectivity index (χ3v) is 4.13. The lowest BCUT2D eigenvalue weighted by Crippen LogP contribution is -2.37. The number of nitrogens with zero attached hydrogens (tertiary/aromatic N) is 3. The second-order valence-electron chi connectivity index (χ2n) is 5.38. The van der Waals surface area contributed by atoms with Gasteiger partial charge in [-0.2, -0.15) is 5.26 Å². The molecular formula is C15H20N4O. The highest BCUT2D eigenvalue weighted by Gasteiger charge is 2.20. The lowest BCUT2D eigenvalue weighted by molar-refractivity contribution is 0.122. The second-order valence-corrected chi connectivity index (χ2v) is 5.38. The molecular weight excluding hydrogens is 252 g/mol. The van der Waals surface area contributed by atoms with Gasteiger partial charge in [0.1, 0.15) is 11.9 Å². The molecule has 3 heterocycles. The number of ether oxygens (including phenoxy) is 1. The van der Waals surface area contributed by atoms with Crippen LogP contribution in [-0.2, 0) is 4.74 Å². The average molecular weight is 272 g/mol. The van der Waals surface area contributed by atoms with Gasteiger partial charge in [0.15, 0.2) is 0 Å². The van der Waals surface area contributed by atoms with Crippen molar-refractivity contribution < 1.29 is 4.74 Å². The Labute approximate surface area is 119 Å². The van der Waals surface area contributed by atoms with Crippen LogP contribution in [0.2, 0.25) is 0 Å². The molecule has 1 aromatic heterocycles. The molecule has 2 aliphatic rings. The molecule has 0 radical (unpaired) electrons. The van der Waals surface area contributed by atoms with Crippen LogP contribution in [0, 0.1) is 11.3 Å². The molecule has 0 saturated carbocycles. The van der Waals surface area contributed by atoms with Gasteiger partial charge in [0.05, 0.1) is 18.8 Å². The minimum atomic E-state index is 0.537. The largest absolute Gasteiger partial charge is 0.378 e. The summed E-state index contributed by atoms with van der Waals surface area (Å²) in [6, 6.07) is 4.35. The highest BCUT2D eigenvalue weighted by Crippen LogP contribution is 2.28. The van der Waals surface area contributed by atoms with Crippen molar-refractivity contribution in [2.24, 2.45) is 0 Å². The molecule has 0 unspecified atom stereocenters. The summed E-state index contributed by atoms with van der Waals surface area (Å²) in [6.07, 6.45) is 4.22. The maximum Gasteiger partial charge on any atom is 0.146 e. The number of hydrogen-bond acceptors (Lipinski definition) is 5. The van der Waals surface area contributed by atoms with Crippen LogP contribution in [0.4, 0.5) is 5.82 Å². The summed E-state index contributed by atoms with van der Waals surface area (Å²) in [7, 11) is 0. The van der Waals surface area contributed by atoms with E-state index in [2.05, 4.69) is 21.3 Å². The number of rotatable bonds is 2. The van der Waals surface area contributed by atoms with E-state index in [1.165, 1.54) is 5.56 Å². The van der Waals surface area contributed by atoms with E-state index in [1.807, 2.05) is 12.3 Å². The summed E-state index contributed by atoms with van der Waals surface area (Å²) >= 11 is 0. The first kappa shape index (κ1) is 13.3. The highest BCUT2D eigenvalue weighted by molar-refractivity contribution is 5.55. The smallest absolute Gasteiger partial charge is 0.146 e. The summed E-state index contributed by atoms with van der Waals surface area (Å²) in [4.78, 5) is 6.72. The molecule has 0 aliphatic carbocycles. The fourth-order valence-electron chi connectivity index (χ4n) is 2.96. The predicted octanol–water partition coefficient (Wildman–Crippen LogP) is 1.26. The molecule has 2 fully saturated rings. The number of anilines is 1. The van der Waals surface area contributed by atoms with Crippen LogP contribution in [0.25, 0.3) is 0 Å². The van der Waals surface area contributed by atoms with Crippen molar-refractivity contribution in [2.45, 2.75) is 18.8 Å². The Hall–Kier alpha value is -1.64. The van der Waals surface area contributed by atoms with Crippen LogP contribution in [0.3, 0.4) is 0 Å². The van der Waals surface area contributed by atoms with Crippen LogP contribution < -0.4 is 10.2 Å². The Morgan fingerprint density at radius 1 is 1.30 bits per heavy atom. The molecule has 3 rings (SSSR count). The zero-order valence-corrected chi connectivity index (χ0v) is 11.6. The maximum absolute atomic E-state index is 9.41. The Morgan fingerprint density at radius 2 is 2.05 bits per heavy atom. The van der Waals surface area contributed by atoms with Gasteiger partial charge in [-0.1, -0.05) is 0 Å². The second kappa shape index (κ2) is 6.21. The van der Waals surface area contributed by atoms with E-state index in [0.29, 0.717) is 24.7 Å². The molecule has 2 saturated heterocycles. The summed E-state index contributed by atoms with van der Waals surface area (Å²) in [5, 5.41) is 12.8. The van der Waals surface area contributed by atoms with E-state index >= 15 is 0 Å². The van der Waals surface area contributed by atoms with E-state index < -0.39 is 0 Å². The monoisotopic (exact) mass is 272 g/mol. The number of piperidine rings is 1. The fourth-order valence-corrected chi connectivity index (χ4v) is 2.96. The van der Waals surface area contributed by atoms with Crippen molar-refractivity contribution in [1.82, 2.24) is 10.3 Å². The fraction of sp³-hybridized carbons (Fsp3) is 0.600. The first-order valence-corrected chi connectivity index (χ1v) is 7.32. The van der Waals surface area contributed by atoms with Gasteiger partial charge < -0.3 is 15.0 Å². The van der Waals surface area contributed by atoms with Gasteiger partial charge in [-0.15, -0.1) is 0 Å². The summed E-state index contributed by atoms with van der Waals surface area (Å²) < 4.78 is 5.35. The van der Waals surface area contributed by atoms with E-state index in [1.54, 1.807) is 0 Å². The molecule has 0 amide bonds.